The fourth-order valence-electron chi connectivity index (χ4n) is 4.99. The lowest BCUT2D eigenvalue weighted by molar-refractivity contribution is 0.224. The van der Waals surface area contributed by atoms with Crippen LogP contribution >= 0.6 is 0 Å². The lowest BCUT2D eigenvalue weighted by Gasteiger charge is -2.42. The Kier molecular flexibility index (Phi) is 6.24. The van der Waals surface area contributed by atoms with E-state index in [0.717, 1.165) is 12.8 Å². The molecule has 1 N–H and O–H groups in total. The van der Waals surface area contributed by atoms with Crippen molar-refractivity contribution >= 4 is 0 Å². The summed E-state index contributed by atoms with van der Waals surface area (Å²) >= 11 is 0. The summed E-state index contributed by atoms with van der Waals surface area (Å²) in [5.41, 5.74) is 0.114. The maximum Gasteiger partial charge on any atom is 0.169 e. The first-order valence-corrected chi connectivity index (χ1v) is 11.2. The standard InChI is InChI=1S/C28H27F3O2/c1-4-33-18(3)25(29)24-17(2)5-6-19-13-15-28(24,16-14-19)23-12-11-22(26(30)27(23)31)20-7-9-21(32)10-8-20/h7-13,15,19,32H,2-6,14,16H2,1H3/b25-24+/t19?,28-/m0/s1. The number of phenols is 1. The lowest BCUT2D eigenvalue weighted by atomic mass is 9.61. The summed E-state index contributed by atoms with van der Waals surface area (Å²) in [5, 5.41) is 9.51. The second-order valence-corrected chi connectivity index (χ2v) is 8.65. The van der Waals surface area contributed by atoms with E-state index in [1.54, 1.807) is 13.0 Å². The van der Waals surface area contributed by atoms with Gasteiger partial charge in [-0.05, 0) is 61.8 Å². The Morgan fingerprint density at radius 1 is 1.12 bits per heavy atom. The summed E-state index contributed by atoms with van der Waals surface area (Å²) < 4.78 is 52.2. The quantitative estimate of drug-likeness (QED) is 0.373. The van der Waals surface area contributed by atoms with E-state index in [4.69, 9.17) is 4.74 Å². The van der Waals surface area contributed by atoms with Crippen LogP contribution in [0.2, 0.25) is 0 Å². The zero-order valence-corrected chi connectivity index (χ0v) is 18.6. The highest BCUT2D eigenvalue weighted by molar-refractivity contribution is 5.67. The molecule has 3 aliphatic carbocycles. The van der Waals surface area contributed by atoms with Crippen molar-refractivity contribution in [3.8, 4) is 16.9 Å². The average molecular weight is 453 g/mol. The van der Waals surface area contributed by atoms with Crippen LogP contribution in [-0.4, -0.2) is 11.7 Å². The van der Waals surface area contributed by atoms with Crippen LogP contribution in [0.3, 0.4) is 0 Å². The molecule has 0 aliphatic heterocycles. The van der Waals surface area contributed by atoms with Gasteiger partial charge >= 0.3 is 0 Å². The maximum absolute atomic E-state index is 15.8. The predicted molar refractivity (Wildman–Crippen MR) is 124 cm³/mol. The van der Waals surface area contributed by atoms with E-state index in [2.05, 4.69) is 13.2 Å². The second-order valence-electron chi connectivity index (χ2n) is 8.65. The molecular formula is C28H27F3O2. The molecule has 3 aliphatic rings. The number of rotatable bonds is 5. The third kappa shape index (κ3) is 4.01. The molecule has 2 aromatic rings. The summed E-state index contributed by atoms with van der Waals surface area (Å²) in [7, 11) is 0. The Morgan fingerprint density at radius 3 is 2.48 bits per heavy atom. The lowest BCUT2D eigenvalue weighted by Crippen LogP contribution is -2.35. The number of allylic oxidation sites excluding steroid dienone is 5. The Balaban J connectivity index is 1.93. The van der Waals surface area contributed by atoms with Gasteiger partial charge < -0.3 is 9.84 Å². The molecule has 5 heteroatoms. The van der Waals surface area contributed by atoms with Crippen molar-refractivity contribution in [2.45, 2.75) is 38.0 Å². The number of benzene rings is 2. The molecule has 5 rings (SSSR count). The van der Waals surface area contributed by atoms with Gasteiger partial charge in [0.25, 0.3) is 0 Å². The van der Waals surface area contributed by atoms with Gasteiger partial charge in [0, 0.05) is 22.1 Å². The van der Waals surface area contributed by atoms with Crippen LogP contribution in [0, 0.1) is 17.6 Å². The van der Waals surface area contributed by atoms with Gasteiger partial charge in [-0.2, -0.15) is 0 Å². The van der Waals surface area contributed by atoms with E-state index in [1.807, 2.05) is 6.08 Å². The molecule has 172 valence electrons. The van der Waals surface area contributed by atoms with E-state index >= 15 is 13.2 Å². The van der Waals surface area contributed by atoms with Crippen LogP contribution in [0.5, 0.6) is 5.75 Å². The van der Waals surface area contributed by atoms with Crippen molar-refractivity contribution < 1.29 is 23.0 Å². The minimum absolute atomic E-state index is 0.0323. The normalized spacial score (nSPS) is 23.8. The number of fused-ring (bicyclic) bond motifs is 4. The van der Waals surface area contributed by atoms with Gasteiger partial charge in [0.2, 0.25) is 0 Å². The van der Waals surface area contributed by atoms with Gasteiger partial charge in [0.05, 0.1) is 6.61 Å². The van der Waals surface area contributed by atoms with Gasteiger partial charge in [0.15, 0.2) is 17.5 Å². The first-order chi connectivity index (χ1) is 15.8. The zero-order valence-electron chi connectivity index (χ0n) is 18.6. The Hall–Kier alpha value is -3.21. The van der Waals surface area contributed by atoms with Crippen LogP contribution < -0.4 is 0 Å². The summed E-state index contributed by atoms with van der Waals surface area (Å²) in [5.74, 6) is -2.52. The van der Waals surface area contributed by atoms with Crippen LogP contribution in [0.25, 0.3) is 11.1 Å². The summed E-state index contributed by atoms with van der Waals surface area (Å²) in [6, 6.07) is 8.89. The molecule has 0 spiro atoms. The SMILES string of the molecule is C=C(OCC)/C(F)=C1/C(=C)CCC2C=C[C@@]1(c1ccc(-c3ccc(O)cc3)c(F)c1F)CC2. The highest BCUT2D eigenvalue weighted by atomic mass is 19.2. The van der Waals surface area contributed by atoms with E-state index in [9.17, 15) is 5.11 Å². The highest BCUT2D eigenvalue weighted by Gasteiger charge is 2.44. The van der Waals surface area contributed by atoms with Crippen LogP contribution in [0.15, 0.2) is 84.4 Å². The Labute approximate surface area is 192 Å². The van der Waals surface area contributed by atoms with Crippen molar-refractivity contribution in [3.05, 3.63) is 102 Å². The third-order valence-corrected chi connectivity index (χ3v) is 6.70. The zero-order chi connectivity index (χ0) is 23.8. The van der Waals surface area contributed by atoms with Gasteiger partial charge in [-0.25, -0.2) is 13.2 Å². The van der Waals surface area contributed by atoms with Gasteiger partial charge in [-0.3, -0.25) is 0 Å². The molecule has 1 unspecified atom stereocenters. The third-order valence-electron chi connectivity index (χ3n) is 6.70. The van der Waals surface area contributed by atoms with Crippen molar-refractivity contribution in [2.24, 2.45) is 5.92 Å². The molecule has 2 atom stereocenters. The summed E-state index contributed by atoms with van der Waals surface area (Å²) in [4.78, 5) is 0. The molecule has 1 saturated carbocycles. The van der Waals surface area contributed by atoms with Gasteiger partial charge in [-0.1, -0.05) is 49.6 Å². The first kappa shape index (κ1) is 23.0. The predicted octanol–water partition coefficient (Wildman–Crippen LogP) is 7.67. The highest BCUT2D eigenvalue weighted by Crippen LogP contribution is 2.52. The van der Waals surface area contributed by atoms with Crippen molar-refractivity contribution in [2.75, 3.05) is 6.61 Å². The topological polar surface area (TPSA) is 29.5 Å². The molecule has 0 heterocycles. The smallest absolute Gasteiger partial charge is 0.169 e. The monoisotopic (exact) mass is 452 g/mol. The number of hydrogen-bond donors (Lipinski definition) is 1. The molecular weight excluding hydrogens is 425 g/mol. The molecule has 2 bridgehead atoms. The molecule has 33 heavy (non-hydrogen) atoms. The van der Waals surface area contributed by atoms with Crippen LogP contribution in [0.1, 0.15) is 38.2 Å². The number of hydrogen-bond acceptors (Lipinski definition) is 2. The fraction of sp³-hybridized carbons (Fsp3) is 0.286. The molecule has 0 aromatic heterocycles. The van der Waals surface area contributed by atoms with E-state index in [1.165, 1.54) is 36.4 Å². The molecule has 1 fully saturated rings. The second kappa shape index (κ2) is 8.97. The maximum atomic E-state index is 15.8. The average Bonchev–Trinajstić information content (AvgIpc) is 2.80. The number of phenolic OH excluding ortho intramolecular Hbond substituents is 1. The minimum atomic E-state index is -1.21. The van der Waals surface area contributed by atoms with Gasteiger partial charge in [0.1, 0.15) is 11.5 Å². The summed E-state index contributed by atoms with van der Waals surface area (Å²) in [6.45, 7) is 9.78. The molecule has 0 radical (unpaired) electrons. The van der Waals surface area contributed by atoms with E-state index in [0.29, 0.717) is 29.9 Å². The number of ether oxygens (including phenoxy) is 1. The van der Waals surface area contributed by atoms with Crippen LogP contribution in [0.4, 0.5) is 13.2 Å². The van der Waals surface area contributed by atoms with E-state index < -0.39 is 22.9 Å². The summed E-state index contributed by atoms with van der Waals surface area (Å²) in [6.07, 6.45) is 6.30. The largest absolute Gasteiger partial charge is 0.508 e. The Morgan fingerprint density at radius 2 is 1.85 bits per heavy atom. The van der Waals surface area contributed by atoms with E-state index in [-0.39, 0.29) is 34.8 Å². The van der Waals surface area contributed by atoms with Crippen molar-refractivity contribution in [1.29, 1.82) is 0 Å². The first-order valence-electron chi connectivity index (χ1n) is 11.2. The minimum Gasteiger partial charge on any atom is -0.508 e. The fourth-order valence-corrected chi connectivity index (χ4v) is 4.99. The van der Waals surface area contributed by atoms with Crippen molar-refractivity contribution in [3.63, 3.8) is 0 Å². The molecule has 0 saturated heterocycles. The van der Waals surface area contributed by atoms with Crippen LogP contribution in [-0.2, 0) is 10.2 Å². The molecule has 2 aromatic carbocycles. The number of aromatic hydroxyl groups is 1. The van der Waals surface area contributed by atoms with Crippen molar-refractivity contribution in [1.82, 2.24) is 0 Å². The van der Waals surface area contributed by atoms with Gasteiger partial charge in [-0.15, -0.1) is 0 Å². The number of halogens is 3. The molecule has 0 amide bonds. The Bertz CT molecular complexity index is 1160. The molecule has 2 nitrogen and oxygen atoms in total.